The van der Waals surface area contributed by atoms with E-state index >= 15 is 0 Å². The summed E-state index contributed by atoms with van der Waals surface area (Å²) in [6.45, 7) is 3.05. The van der Waals surface area contributed by atoms with Gasteiger partial charge in [-0.25, -0.2) is 4.98 Å². The number of thiazole rings is 1. The van der Waals surface area contributed by atoms with Crippen LogP contribution in [0.3, 0.4) is 0 Å². The second-order valence-electron chi connectivity index (χ2n) is 5.57. The third kappa shape index (κ3) is 2.81. The molecule has 0 aromatic carbocycles. The molecule has 0 N–H and O–H groups in total. The first-order valence-electron chi connectivity index (χ1n) is 7.29. The van der Waals surface area contributed by atoms with Gasteiger partial charge in [-0.05, 0) is 19.8 Å². The van der Waals surface area contributed by atoms with Gasteiger partial charge in [-0.2, -0.15) is 5.10 Å². The molecular weight excluding hydrogens is 300 g/mol. The highest BCUT2D eigenvalue weighted by atomic mass is 32.1. The molecule has 0 aliphatic carbocycles. The van der Waals surface area contributed by atoms with Gasteiger partial charge < -0.3 is 4.90 Å². The lowest BCUT2D eigenvalue weighted by Crippen LogP contribution is -2.40. The van der Waals surface area contributed by atoms with Crippen LogP contribution < -0.4 is 0 Å². The number of piperidine rings is 1. The second-order valence-corrected chi connectivity index (χ2v) is 6.46. The summed E-state index contributed by atoms with van der Waals surface area (Å²) in [5, 5.41) is 6.61. The van der Waals surface area contributed by atoms with Crippen LogP contribution in [0.15, 0.2) is 17.8 Å². The first-order chi connectivity index (χ1) is 10.6. The predicted octanol–water partition coefficient (Wildman–Crippen LogP) is 1.92. The summed E-state index contributed by atoms with van der Waals surface area (Å²) in [6, 6.07) is 0. The normalized spacial score (nSPS) is 16.0. The van der Waals surface area contributed by atoms with Crippen LogP contribution in [0.1, 0.15) is 38.7 Å². The number of aryl methyl sites for hydroxylation is 2. The topological polar surface area (TPSA) is 68.1 Å². The molecule has 0 spiro atoms. The molecule has 6 nitrogen and oxygen atoms in total. The number of nitrogens with zero attached hydrogens (tertiary/aromatic N) is 4. The van der Waals surface area contributed by atoms with Gasteiger partial charge in [-0.1, -0.05) is 0 Å². The first kappa shape index (κ1) is 14.9. The van der Waals surface area contributed by atoms with E-state index in [4.69, 9.17) is 0 Å². The van der Waals surface area contributed by atoms with Gasteiger partial charge in [0.1, 0.15) is 0 Å². The number of carbonyl (C=O) groups is 2. The minimum Gasteiger partial charge on any atom is -0.338 e. The highest BCUT2D eigenvalue weighted by Crippen LogP contribution is 2.24. The van der Waals surface area contributed by atoms with Crippen LogP contribution >= 0.6 is 11.3 Å². The highest BCUT2D eigenvalue weighted by molar-refractivity contribution is 7.11. The zero-order valence-corrected chi connectivity index (χ0v) is 13.5. The Bertz CT molecular complexity index is 684. The zero-order chi connectivity index (χ0) is 15.7. The van der Waals surface area contributed by atoms with Crippen LogP contribution in [0, 0.1) is 12.8 Å². The molecule has 116 valence electrons. The van der Waals surface area contributed by atoms with E-state index in [1.165, 1.54) is 11.3 Å². The maximum atomic E-state index is 12.5. The van der Waals surface area contributed by atoms with Gasteiger partial charge >= 0.3 is 0 Å². The maximum Gasteiger partial charge on any atom is 0.257 e. The van der Waals surface area contributed by atoms with E-state index in [9.17, 15) is 9.59 Å². The molecule has 3 rings (SSSR count). The molecule has 0 unspecified atom stereocenters. The summed E-state index contributed by atoms with van der Waals surface area (Å²) < 4.78 is 1.65. The van der Waals surface area contributed by atoms with Crippen LogP contribution in [0.25, 0.3) is 0 Å². The largest absolute Gasteiger partial charge is 0.338 e. The quantitative estimate of drug-likeness (QED) is 0.811. The lowest BCUT2D eigenvalue weighted by atomic mass is 9.92. The Labute approximate surface area is 132 Å². The Balaban J connectivity index is 1.63. The molecule has 3 heterocycles. The summed E-state index contributed by atoms with van der Waals surface area (Å²) in [5.74, 6) is 0.0931. The Morgan fingerprint density at radius 2 is 2.05 bits per heavy atom. The molecule has 7 heteroatoms. The van der Waals surface area contributed by atoms with Crippen molar-refractivity contribution in [2.45, 2.75) is 19.8 Å². The molecule has 0 saturated carbocycles. The molecular formula is C15H18N4O2S. The van der Waals surface area contributed by atoms with E-state index in [1.54, 1.807) is 17.1 Å². The van der Waals surface area contributed by atoms with Crippen LogP contribution in [0.5, 0.6) is 0 Å². The lowest BCUT2D eigenvalue weighted by molar-refractivity contribution is 0.0649. The van der Waals surface area contributed by atoms with Gasteiger partial charge in [-0.15, -0.1) is 11.3 Å². The van der Waals surface area contributed by atoms with Gasteiger partial charge in [0.05, 0.1) is 11.3 Å². The number of likely N-dealkylation sites (tertiary alicyclic amines) is 1. The van der Waals surface area contributed by atoms with E-state index in [0.717, 1.165) is 5.69 Å². The van der Waals surface area contributed by atoms with Crippen molar-refractivity contribution >= 4 is 23.0 Å². The number of hydrogen-bond donors (Lipinski definition) is 0. The summed E-state index contributed by atoms with van der Waals surface area (Å²) in [7, 11) is 1.81. The molecule has 1 aliphatic heterocycles. The first-order valence-corrected chi connectivity index (χ1v) is 8.17. The Kier molecular flexibility index (Phi) is 4.06. The monoisotopic (exact) mass is 318 g/mol. The third-order valence-electron chi connectivity index (χ3n) is 4.04. The van der Waals surface area contributed by atoms with Crippen molar-refractivity contribution in [3.63, 3.8) is 0 Å². The van der Waals surface area contributed by atoms with Crippen LogP contribution in [-0.2, 0) is 7.05 Å². The average Bonchev–Trinajstić information content (AvgIpc) is 3.15. The van der Waals surface area contributed by atoms with Crippen LogP contribution in [0.4, 0.5) is 0 Å². The maximum absolute atomic E-state index is 12.5. The fourth-order valence-corrected chi connectivity index (χ4v) is 3.50. The third-order valence-corrected chi connectivity index (χ3v) is 4.83. The predicted molar refractivity (Wildman–Crippen MR) is 83.0 cm³/mol. The molecule has 22 heavy (non-hydrogen) atoms. The number of Topliss-reactive ketones (excluding diaryl/α,β-unsaturated/α-hetero) is 1. The number of amides is 1. The van der Waals surface area contributed by atoms with E-state index < -0.39 is 0 Å². The fourth-order valence-electron chi connectivity index (χ4n) is 2.84. The van der Waals surface area contributed by atoms with Gasteiger partial charge in [0.25, 0.3) is 5.91 Å². The fraction of sp³-hybridized carbons (Fsp3) is 0.467. The summed E-state index contributed by atoms with van der Waals surface area (Å²) >= 11 is 1.38. The number of rotatable bonds is 3. The van der Waals surface area contributed by atoms with Gasteiger partial charge in [0, 0.05) is 43.8 Å². The van der Waals surface area contributed by atoms with Crippen molar-refractivity contribution in [3.8, 4) is 0 Å². The Morgan fingerprint density at radius 1 is 1.32 bits per heavy atom. The molecule has 2 aromatic heterocycles. The summed E-state index contributed by atoms with van der Waals surface area (Å²) in [5.41, 5.74) is 1.39. The Hall–Kier alpha value is -2.02. The lowest BCUT2D eigenvalue weighted by Gasteiger charge is -2.30. The van der Waals surface area contributed by atoms with E-state index in [0.29, 0.717) is 36.5 Å². The average molecular weight is 318 g/mol. The number of ketones is 1. The van der Waals surface area contributed by atoms with Crippen molar-refractivity contribution in [3.05, 3.63) is 34.0 Å². The van der Waals surface area contributed by atoms with Crippen molar-refractivity contribution in [1.82, 2.24) is 19.7 Å². The smallest absolute Gasteiger partial charge is 0.257 e. The number of hydrogen-bond acceptors (Lipinski definition) is 5. The summed E-state index contributed by atoms with van der Waals surface area (Å²) in [6.07, 6.45) is 4.80. The SMILES string of the molecule is Cc1nn(C)cc1C(=O)N1CCC(C(=O)c2nccs2)CC1. The molecule has 1 saturated heterocycles. The number of aromatic nitrogens is 3. The van der Waals surface area contributed by atoms with Crippen molar-refractivity contribution in [2.75, 3.05) is 13.1 Å². The molecule has 0 radical (unpaired) electrons. The van der Waals surface area contributed by atoms with Crippen LogP contribution in [0.2, 0.25) is 0 Å². The van der Waals surface area contributed by atoms with Crippen molar-refractivity contribution in [2.24, 2.45) is 13.0 Å². The minimum atomic E-state index is -0.0230. The van der Waals surface area contributed by atoms with Gasteiger partial charge in [0.15, 0.2) is 10.8 Å². The van der Waals surface area contributed by atoms with E-state index in [2.05, 4.69) is 10.1 Å². The second kappa shape index (κ2) is 6.00. The van der Waals surface area contributed by atoms with E-state index in [-0.39, 0.29) is 17.6 Å². The highest BCUT2D eigenvalue weighted by Gasteiger charge is 2.30. The minimum absolute atomic E-state index is 0.00532. The van der Waals surface area contributed by atoms with Gasteiger partial charge in [-0.3, -0.25) is 14.3 Å². The Morgan fingerprint density at radius 3 is 2.59 bits per heavy atom. The molecule has 0 atom stereocenters. The van der Waals surface area contributed by atoms with Gasteiger partial charge in [0.2, 0.25) is 0 Å². The molecule has 1 fully saturated rings. The molecule has 1 amide bonds. The van der Waals surface area contributed by atoms with Crippen molar-refractivity contribution < 1.29 is 9.59 Å². The summed E-state index contributed by atoms with van der Waals surface area (Å²) in [4.78, 5) is 30.7. The molecule has 0 bridgehead atoms. The zero-order valence-electron chi connectivity index (χ0n) is 12.7. The standard InChI is InChI=1S/C15H18N4O2S/c1-10-12(9-18(2)17-10)15(21)19-6-3-11(4-7-19)13(20)14-16-5-8-22-14/h5,8-9,11H,3-4,6-7H2,1-2H3. The van der Waals surface area contributed by atoms with E-state index in [1.807, 2.05) is 24.3 Å². The molecule has 1 aliphatic rings. The van der Waals surface area contributed by atoms with Crippen LogP contribution in [-0.4, -0.2) is 44.4 Å². The number of carbonyl (C=O) groups excluding carboxylic acids is 2. The van der Waals surface area contributed by atoms with Crippen molar-refractivity contribution in [1.29, 1.82) is 0 Å². The molecule has 2 aromatic rings.